The van der Waals surface area contributed by atoms with Crippen molar-refractivity contribution in [1.82, 2.24) is 4.72 Å². The van der Waals surface area contributed by atoms with E-state index in [4.69, 9.17) is 5.73 Å². The summed E-state index contributed by atoms with van der Waals surface area (Å²) in [5.74, 6) is 0. The van der Waals surface area contributed by atoms with E-state index in [0.717, 1.165) is 6.07 Å². The Hall–Kier alpha value is -2.68. The Kier molecular flexibility index (Phi) is 6.60. The van der Waals surface area contributed by atoms with Gasteiger partial charge in [-0.2, -0.15) is 13.2 Å². The number of nitrogens with one attached hydrogen (secondary N) is 1. The fraction of sp³-hybridized carbons (Fsp3) is 0.182. The predicted molar refractivity (Wildman–Crippen MR) is 109 cm³/mol. The fourth-order valence-corrected chi connectivity index (χ4v) is 4.72. The first-order valence-corrected chi connectivity index (χ1v) is 10.7. The number of rotatable bonds is 7. The van der Waals surface area contributed by atoms with Crippen LogP contribution in [0.25, 0.3) is 0 Å². The summed E-state index contributed by atoms with van der Waals surface area (Å²) in [6.45, 7) is 0. The van der Waals surface area contributed by atoms with Crippen LogP contribution in [-0.2, 0) is 16.4 Å². The third-order valence-corrected chi connectivity index (χ3v) is 6.18. The average molecular weight is 434 g/mol. The van der Waals surface area contributed by atoms with Crippen LogP contribution in [0.4, 0.5) is 13.2 Å². The van der Waals surface area contributed by atoms with E-state index in [9.17, 15) is 21.6 Å². The van der Waals surface area contributed by atoms with Gasteiger partial charge in [-0.15, -0.1) is 0 Å². The topological polar surface area (TPSA) is 72.2 Å². The summed E-state index contributed by atoms with van der Waals surface area (Å²) in [5.41, 5.74) is 7.36. The van der Waals surface area contributed by atoms with Crippen LogP contribution >= 0.6 is 0 Å². The van der Waals surface area contributed by atoms with Crippen LogP contribution < -0.4 is 10.5 Å². The van der Waals surface area contributed by atoms with E-state index in [1.165, 1.54) is 18.2 Å². The minimum absolute atomic E-state index is 0.322. The lowest BCUT2D eigenvalue weighted by molar-refractivity contribution is -0.127. The standard InChI is InChI=1S/C22H21F3N2O2S/c23-22(24,25)15-18-13-7-8-14-19(18)30(28,29)27-21(17-11-5-2-6-12-17)20(26)16-9-3-1-4-10-16/h1-14,20-21,27H,15,26H2. The smallest absolute Gasteiger partial charge is 0.322 e. The van der Waals surface area contributed by atoms with E-state index < -0.39 is 39.6 Å². The largest absolute Gasteiger partial charge is 0.393 e. The van der Waals surface area contributed by atoms with Gasteiger partial charge in [0.05, 0.1) is 23.4 Å². The molecular weight excluding hydrogens is 413 g/mol. The number of halogens is 3. The Morgan fingerprint density at radius 3 is 1.87 bits per heavy atom. The number of nitrogens with two attached hydrogens (primary N) is 1. The van der Waals surface area contributed by atoms with E-state index in [-0.39, 0.29) is 5.56 Å². The van der Waals surface area contributed by atoms with Gasteiger partial charge in [0.25, 0.3) is 0 Å². The molecular formula is C22H21F3N2O2S. The van der Waals surface area contributed by atoms with Crippen molar-refractivity contribution in [2.45, 2.75) is 29.6 Å². The number of sulfonamides is 1. The molecule has 3 aromatic carbocycles. The van der Waals surface area contributed by atoms with Gasteiger partial charge in [-0.1, -0.05) is 78.9 Å². The van der Waals surface area contributed by atoms with Crippen LogP contribution in [0, 0.1) is 0 Å². The SMILES string of the molecule is NC(c1ccccc1)C(NS(=O)(=O)c1ccccc1CC(F)(F)F)c1ccccc1. The summed E-state index contributed by atoms with van der Waals surface area (Å²) in [6, 6.07) is 21.1. The second-order valence-corrected chi connectivity index (χ2v) is 8.53. The zero-order chi connectivity index (χ0) is 21.8. The highest BCUT2D eigenvalue weighted by Crippen LogP contribution is 2.31. The fourth-order valence-electron chi connectivity index (χ4n) is 3.24. The molecule has 4 nitrogen and oxygen atoms in total. The van der Waals surface area contributed by atoms with Crippen molar-refractivity contribution in [2.75, 3.05) is 0 Å². The maximum Gasteiger partial charge on any atom is 0.393 e. The van der Waals surface area contributed by atoms with Gasteiger partial charge in [-0.25, -0.2) is 13.1 Å². The highest BCUT2D eigenvalue weighted by atomic mass is 32.2. The summed E-state index contributed by atoms with van der Waals surface area (Å²) in [7, 11) is -4.29. The molecule has 0 spiro atoms. The molecule has 8 heteroatoms. The molecule has 0 saturated carbocycles. The predicted octanol–water partition coefficient (Wildman–Crippen LogP) is 4.51. The van der Waals surface area contributed by atoms with E-state index in [0.29, 0.717) is 11.1 Å². The summed E-state index contributed by atoms with van der Waals surface area (Å²) in [4.78, 5) is -0.413. The van der Waals surface area contributed by atoms with Crippen LogP contribution in [0.15, 0.2) is 89.8 Å². The quantitative estimate of drug-likeness (QED) is 0.575. The molecule has 0 bridgehead atoms. The number of alkyl halides is 3. The second kappa shape index (κ2) is 8.99. The summed E-state index contributed by atoms with van der Waals surface area (Å²) in [6.07, 6.45) is -5.88. The third kappa shape index (κ3) is 5.47. The lowest BCUT2D eigenvalue weighted by Crippen LogP contribution is -2.36. The first-order valence-electron chi connectivity index (χ1n) is 9.20. The molecule has 0 aliphatic heterocycles. The molecule has 0 amide bonds. The molecule has 3 rings (SSSR count). The maximum atomic E-state index is 13.1. The highest BCUT2D eigenvalue weighted by molar-refractivity contribution is 7.89. The number of hydrogen-bond donors (Lipinski definition) is 2. The molecule has 0 saturated heterocycles. The van der Waals surface area contributed by atoms with Crippen molar-refractivity contribution in [3.05, 3.63) is 102 Å². The molecule has 0 aliphatic carbocycles. The van der Waals surface area contributed by atoms with E-state index >= 15 is 0 Å². The maximum absolute atomic E-state index is 13.1. The molecule has 2 unspecified atom stereocenters. The zero-order valence-electron chi connectivity index (χ0n) is 15.9. The molecule has 2 atom stereocenters. The van der Waals surface area contributed by atoms with Gasteiger partial charge < -0.3 is 5.73 Å². The lowest BCUT2D eigenvalue weighted by Gasteiger charge is -2.26. The number of hydrogen-bond acceptors (Lipinski definition) is 3. The van der Waals surface area contributed by atoms with Crippen LogP contribution in [-0.4, -0.2) is 14.6 Å². The Bertz CT molecular complexity index is 1070. The Balaban J connectivity index is 2.01. The monoisotopic (exact) mass is 434 g/mol. The minimum atomic E-state index is -4.54. The van der Waals surface area contributed by atoms with Gasteiger partial charge in [0.15, 0.2) is 0 Å². The molecule has 0 aromatic heterocycles. The van der Waals surface area contributed by atoms with E-state index in [1.807, 2.05) is 6.07 Å². The molecule has 0 fully saturated rings. The first-order chi connectivity index (χ1) is 14.2. The van der Waals surface area contributed by atoms with Crippen molar-refractivity contribution < 1.29 is 21.6 Å². The molecule has 3 N–H and O–H groups in total. The van der Waals surface area contributed by atoms with Crippen LogP contribution in [0.2, 0.25) is 0 Å². The van der Waals surface area contributed by atoms with Crippen LogP contribution in [0.3, 0.4) is 0 Å². The minimum Gasteiger partial charge on any atom is -0.322 e. The van der Waals surface area contributed by atoms with Crippen molar-refractivity contribution >= 4 is 10.0 Å². The highest BCUT2D eigenvalue weighted by Gasteiger charge is 2.33. The average Bonchev–Trinajstić information content (AvgIpc) is 2.72. The van der Waals surface area contributed by atoms with Gasteiger partial charge in [0.1, 0.15) is 0 Å². The Morgan fingerprint density at radius 1 is 0.800 bits per heavy atom. The van der Waals surface area contributed by atoms with Gasteiger partial charge >= 0.3 is 6.18 Å². The van der Waals surface area contributed by atoms with Crippen molar-refractivity contribution in [1.29, 1.82) is 0 Å². The van der Waals surface area contributed by atoms with E-state index in [1.54, 1.807) is 54.6 Å². The van der Waals surface area contributed by atoms with Crippen molar-refractivity contribution in [2.24, 2.45) is 5.73 Å². The summed E-state index contributed by atoms with van der Waals surface area (Å²) in [5, 5.41) is 0. The first kappa shape index (κ1) is 22.0. The van der Waals surface area contributed by atoms with Crippen molar-refractivity contribution in [3.63, 3.8) is 0 Å². The third-order valence-electron chi connectivity index (χ3n) is 4.64. The lowest BCUT2D eigenvalue weighted by atomic mass is 9.95. The van der Waals surface area contributed by atoms with Crippen LogP contribution in [0.1, 0.15) is 28.8 Å². The molecule has 0 heterocycles. The summed E-state index contributed by atoms with van der Waals surface area (Å²) >= 11 is 0. The zero-order valence-corrected chi connectivity index (χ0v) is 16.7. The Morgan fingerprint density at radius 2 is 1.30 bits per heavy atom. The molecule has 0 radical (unpaired) electrons. The molecule has 0 aliphatic rings. The van der Waals surface area contributed by atoms with Gasteiger partial charge in [0.2, 0.25) is 10.0 Å². The normalized spacial score (nSPS) is 14.3. The van der Waals surface area contributed by atoms with Gasteiger partial charge in [-0.3, -0.25) is 0 Å². The van der Waals surface area contributed by atoms with Gasteiger partial charge in [-0.05, 0) is 22.8 Å². The van der Waals surface area contributed by atoms with E-state index in [2.05, 4.69) is 4.72 Å². The number of benzene rings is 3. The van der Waals surface area contributed by atoms with Crippen molar-refractivity contribution in [3.8, 4) is 0 Å². The second-order valence-electron chi connectivity index (χ2n) is 6.85. The summed E-state index contributed by atoms with van der Waals surface area (Å²) < 4.78 is 67.6. The van der Waals surface area contributed by atoms with Crippen LogP contribution in [0.5, 0.6) is 0 Å². The molecule has 30 heavy (non-hydrogen) atoms. The Labute approximate surface area is 173 Å². The molecule has 3 aromatic rings. The van der Waals surface area contributed by atoms with Gasteiger partial charge in [0, 0.05) is 0 Å². The molecule has 158 valence electrons.